The third-order valence-corrected chi connectivity index (χ3v) is 6.33. The van der Waals surface area contributed by atoms with Crippen LogP contribution < -0.4 is 11.0 Å². The largest absolute Gasteiger partial charge is 0.416 e. The normalized spacial score (nSPS) is 14.4. The Balaban J connectivity index is 1.42. The number of aliphatic hydroxyl groups is 1. The highest BCUT2D eigenvalue weighted by Gasteiger charge is 2.39. The average Bonchev–Trinajstić information content (AvgIpc) is 3.49. The topological polar surface area (TPSA) is 133 Å². The lowest BCUT2D eigenvalue weighted by Crippen LogP contribution is -2.37. The van der Waals surface area contributed by atoms with Gasteiger partial charge in [-0.15, -0.1) is 10.2 Å². The molecule has 3 aromatic heterocycles. The molecule has 1 aliphatic carbocycles. The minimum Gasteiger partial charge on any atom is -0.382 e. The van der Waals surface area contributed by atoms with Crippen molar-refractivity contribution in [3.8, 4) is 17.1 Å². The third-order valence-electron chi connectivity index (χ3n) is 6.08. The van der Waals surface area contributed by atoms with E-state index in [1.165, 1.54) is 47.7 Å². The lowest BCUT2D eigenvalue weighted by Gasteiger charge is -2.15. The number of nitrogens with zero attached hydrogens (tertiary/aromatic N) is 7. The van der Waals surface area contributed by atoms with Crippen molar-refractivity contribution in [3.63, 3.8) is 0 Å². The Labute approximate surface area is 223 Å². The van der Waals surface area contributed by atoms with Crippen molar-refractivity contribution in [2.75, 3.05) is 5.32 Å². The maximum atomic E-state index is 13.1. The zero-order valence-corrected chi connectivity index (χ0v) is 21.0. The van der Waals surface area contributed by atoms with Gasteiger partial charge in [0.15, 0.2) is 17.8 Å². The summed E-state index contributed by atoms with van der Waals surface area (Å²) in [6.45, 7) is -1.33. The van der Waals surface area contributed by atoms with Gasteiger partial charge in [-0.3, -0.25) is 14.3 Å². The fourth-order valence-corrected chi connectivity index (χ4v) is 4.00. The Bertz CT molecular complexity index is 1540. The summed E-state index contributed by atoms with van der Waals surface area (Å²) in [6.07, 6.45) is -0.852. The summed E-state index contributed by atoms with van der Waals surface area (Å²) in [6, 6.07) is 7.63. The van der Waals surface area contributed by atoms with Crippen LogP contribution in [0.5, 0.6) is 0 Å². The molecule has 39 heavy (non-hydrogen) atoms. The molecule has 4 aromatic rings. The van der Waals surface area contributed by atoms with E-state index in [0.717, 1.165) is 22.1 Å². The van der Waals surface area contributed by atoms with Crippen LogP contribution in [0.4, 0.5) is 18.9 Å². The van der Waals surface area contributed by atoms with Crippen LogP contribution in [-0.4, -0.2) is 57.4 Å². The quantitative estimate of drug-likeness (QED) is 0.320. The molecule has 1 aromatic carbocycles. The van der Waals surface area contributed by atoms with Crippen LogP contribution in [0.3, 0.4) is 0 Å². The SMILES string of the molecule is O=C(CC1CC1)Nc1ccncc1-n1cnc(Cn2nc(-c3ccc(Cl)cc3)n(C[C@H](O)C(F)(F)F)c2=O)n1. The highest BCUT2D eigenvalue weighted by atomic mass is 35.5. The number of hydrogen-bond acceptors (Lipinski definition) is 7. The number of benzene rings is 1. The molecule has 0 radical (unpaired) electrons. The number of anilines is 1. The van der Waals surface area contributed by atoms with E-state index in [4.69, 9.17) is 11.6 Å². The maximum Gasteiger partial charge on any atom is 0.416 e. The van der Waals surface area contributed by atoms with Crippen LogP contribution in [0.15, 0.2) is 53.8 Å². The smallest absolute Gasteiger partial charge is 0.382 e. The lowest BCUT2D eigenvalue weighted by molar-refractivity contribution is -0.207. The van der Waals surface area contributed by atoms with E-state index < -0.39 is 24.5 Å². The predicted molar refractivity (Wildman–Crippen MR) is 133 cm³/mol. The molecule has 15 heteroatoms. The number of aliphatic hydroxyl groups excluding tert-OH is 1. The van der Waals surface area contributed by atoms with Crippen molar-refractivity contribution in [3.05, 3.63) is 70.4 Å². The number of halogens is 4. The molecule has 0 unspecified atom stereocenters. The second-order valence-electron chi connectivity index (χ2n) is 9.13. The molecule has 1 saturated carbocycles. The second kappa shape index (κ2) is 10.6. The van der Waals surface area contributed by atoms with Crippen LogP contribution in [0, 0.1) is 5.92 Å². The minimum atomic E-state index is -4.94. The van der Waals surface area contributed by atoms with Crippen LogP contribution in [0.1, 0.15) is 25.1 Å². The van der Waals surface area contributed by atoms with E-state index in [2.05, 4.69) is 25.5 Å². The first-order chi connectivity index (χ1) is 18.6. The monoisotopic (exact) mass is 562 g/mol. The van der Waals surface area contributed by atoms with Gasteiger partial charge in [-0.1, -0.05) is 11.6 Å². The van der Waals surface area contributed by atoms with Gasteiger partial charge in [-0.05, 0) is 49.1 Å². The van der Waals surface area contributed by atoms with Gasteiger partial charge in [-0.2, -0.15) is 13.2 Å². The van der Waals surface area contributed by atoms with E-state index in [1.807, 2.05) is 0 Å². The summed E-state index contributed by atoms with van der Waals surface area (Å²) >= 11 is 5.91. The summed E-state index contributed by atoms with van der Waals surface area (Å²) in [5.41, 5.74) is 0.340. The first kappa shape index (κ1) is 26.6. The molecule has 204 valence electrons. The van der Waals surface area contributed by atoms with E-state index >= 15 is 0 Å². The molecule has 0 bridgehead atoms. The first-order valence-electron chi connectivity index (χ1n) is 11.9. The second-order valence-corrected chi connectivity index (χ2v) is 9.57. The highest BCUT2D eigenvalue weighted by molar-refractivity contribution is 6.30. The summed E-state index contributed by atoms with van der Waals surface area (Å²) in [7, 11) is 0. The van der Waals surface area contributed by atoms with Gasteiger partial charge in [0, 0.05) is 23.2 Å². The molecule has 11 nitrogen and oxygen atoms in total. The van der Waals surface area contributed by atoms with E-state index in [0.29, 0.717) is 34.3 Å². The van der Waals surface area contributed by atoms with Gasteiger partial charge in [0.05, 0.1) is 18.4 Å². The molecule has 0 aliphatic heterocycles. The fraction of sp³-hybridized carbons (Fsp3) is 0.333. The van der Waals surface area contributed by atoms with Gasteiger partial charge in [0.1, 0.15) is 18.6 Å². The summed E-state index contributed by atoms with van der Waals surface area (Å²) in [4.78, 5) is 33.7. The molecule has 1 atom stereocenters. The number of carbonyl (C=O) groups is 1. The number of amides is 1. The number of hydrogen-bond donors (Lipinski definition) is 2. The number of carbonyl (C=O) groups excluding carboxylic acids is 1. The van der Waals surface area contributed by atoms with Crippen LogP contribution >= 0.6 is 11.6 Å². The summed E-state index contributed by atoms with van der Waals surface area (Å²) in [5, 5.41) is 21.4. The standard InChI is InChI=1S/C24H22ClF3N8O3/c25-16-5-3-15(4-6-16)22-33-35(23(39)34(22)11-19(37)24(26,27)28)12-20-30-13-36(32-20)18-10-29-8-7-17(18)31-21(38)9-14-1-2-14/h3-8,10,13-14,19,37H,1-2,9,11-12H2,(H,29,31,38)/t19-/m0/s1. The molecular formula is C24H22ClF3N8O3. The van der Waals surface area contributed by atoms with Gasteiger partial charge >= 0.3 is 11.9 Å². The van der Waals surface area contributed by atoms with Crippen molar-refractivity contribution < 1.29 is 23.1 Å². The van der Waals surface area contributed by atoms with Crippen LogP contribution in [0.2, 0.25) is 5.02 Å². The number of aromatic nitrogens is 7. The van der Waals surface area contributed by atoms with E-state index in [-0.39, 0.29) is 24.1 Å². The van der Waals surface area contributed by atoms with Crippen molar-refractivity contribution in [1.29, 1.82) is 0 Å². The minimum absolute atomic E-state index is 0.0904. The van der Waals surface area contributed by atoms with E-state index in [9.17, 15) is 27.9 Å². The van der Waals surface area contributed by atoms with Crippen LogP contribution in [0.25, 0.3) is 17.1 Å². The van der Waals surface area contributed by atoms with Crippen molar-refractivity contribution in [2.45, 2.75) is 44.6 Å². The molecule has 0 saturated heterocycles. The zero-order valence-electron chi connectivity index (χ0n) is 20.2. The number of alkyl halides is 3. The summed E-state index contributed by atoms with van der Waals surface area (Å²) in [5.74, 6) is 0.312. The third kappa shape index (κ3) is 6.17. The van der Waals surface area contributed by atoms with Gasteiger partial charge in [0.25, 0.3) is 0 Å². The molecular weight excluding hydrogens is 541 g/mol. The molecule has 1 aliphatic rings. The average molecular weight is 563 g/mol. The lowest BCUT2D eigenvalue weighted by atomic mass is 10.2. The van der Waals surface area contributed by atoms with E-state index in [1.54, 1.807) is 6.07 Å². The Morgan fingerprint density at radius 1 is 1.18 bits per heavy atom. The Morgan fingerprint density at radius 3 is 2.62 bits per heavy atom. The van der Waals surface area contributed by atoms with Crippen LogP contribution in [-0.2, 0) is 17.9 Å². The number of nitrogens with one attached hydrogen (secondary N) is 1. The van der Waals surface area contributed by atoms with Gasteiger partial charge in [0.2, 0.25) is 5.91 Å². The Hall–Kier alpha value is -4.04. The molecule has 1 fully saturated rings. The molecule has 3 heterocycles. The molecule has 2 N–H and O–H groups in total. The van der Waals surface area contributed by atoms with Crippen molar-refractivity contribution in [1.82, 2.24) is 34.1 Å². The highest BCUT2D eigenvalue weighted by Crippen LogP contribution is 2.33. The summed E-state index contributed by atoms with van der Waals surface area (Å²) < 4.78 is 42.3. The van der Waals surface area contributed by atoms with Gasteiger partial charge in [-0.25, -0.2) is 19.1 Å². The maximum absolute atomic E-state index is 13.1. The molecule has 1 amide bonds. The molecule has 5 rings (SSSR count). The first-order valence-corrected chi connectivity index (χ1v) is 12.3. The molecule has 0 spiro atoms. The van der Waals surface area contributed by atoms with Crippen molar-refractivity contribution in [2.24, 2.45) is 5.92 Å². The van der Waals surface area contributed by atoms with Crippen molar-refractivity contribution >= 4 is 23.2 Å². The fourth-order valence-electron chi connectivity index (χ4n) is 3.88. The zero-order chi connectivity index (χ0) is 27.7. The number of rotatable bonds is 9. The Morgan fingerprint density at radius 2 is 1.92 bits per heavy atom. The Kier molecular flexibility index (Phi) is 7.23. The predicted octanol–water partition coefficient (Wildman–Crippen LogP) is 3.05. The number of pyridine rings is 1. The van der Waals surface area contributed by atoms with Gasteiger partial charge < -0.3 is 10.4 Å².